The molecule has 2 aromatic rings. The summed E-state index contributed by atoms with van der Waals surface area (Å²) in [7, 11) is 4.02. The van der Waals surface area contributed by atoms with E-state index in [0.29, 0.717) is 5.92 Å². The van der Waals surface area contributed by atoms with Gasteiger partial charge in [-0.1, -0.05) is 0 Å². The van der Waals surface area contributed by atoms with Gasteiger partial charge in [-0.15, -0.1) is 0 Å². The van der Waals surface area contributed by atoms with Gasteiger partial charge in [0.15, 0.2) is 5.65 Å². The molecule has 0 atom stereocenters. The molecule has 3 rings (SSSR count). The lowest BCUT2D eigenvalue weighted by Gasteiger charge is -2.00. The van der Waals surface area contributed by atoms with Crippen molar-refractivity contribution in [3.8, 4) is 0 Å². The summed E-state index contributed by atoms with van der Waals surface area (Å²) < 4.78 is 2.14. The molecule has 0 spiro atoms. The smallest absolute Gasteiger partial charge is 0.160 e. The van der Waals surface area contributed by atoms with Crippen molar-refractivity contribution in [1.29, 1.82) is 0 Å². The molecule has 0 amide bonds. The van der Waals surface area contributed by atoms with Gasteiger partial charge in [0, 0.05) is 25.7 Å². The third-order valence-corrected chi connectivity index (χ3v) is 3.19. The molecule has 2 aromatic heterocycles. The molecule has 0 unspecified atom stereocenters. The van der Waals surface area contributed by atoms with Gasteiger partial charge in [-0.3, -0.25) is 0 Å². The van der Waals surface area contributed by atoms with Crippen molar-refractivity contribution in [2.45, 2.75) is 25.3 Å². The number of pyridine rings is 1. The van der Waals surface area contributed by atoms with Crippen LogP contribution >= 0.6 is 0 Å². The molecule has 1 N–H and O–H groups in total. The summed E-state index contributed by atoms with van der Waals surface area (Å²) in [4.78, 5) is 9.18. The number of hydrogen-bond donors (Lipinski definition) is 1. The van der Waals surface area contributed by atoms with Crippen molar-refractivity contribution < 1.29 is 0 Å². The zero-order chi connectivity index (χ0) is 11.1. The zero-order valence-electron chi connectivity index (χ0n) is 9.70. The van der Waals surface area contributed by atoms with Crippen LogP contribution in [0.25, 0.3) is 11.2 Å². The van der Waals surface area contributed by atoms with Crippen LogP contribution in [0.3, 0.4) is 0 Å². The van der Waals surface area contributed by atoms with Gasteiger partial charge < -0.3 is 9.88 Å². The number of rotatable bonds is 3. The summed E-state index contributed by atoms with van der Waals surface area (Å²) in [6.45, 7) is 0.847. The highest BCUT2D eigenvalue weighted by molar-refractivity contribution is 5.75. The fraction of sp³-hybridized carbons (Fsp3) is 0.500. The van der Waals surface area contributed by atoms with E-state index in [-0.39, 0.29) is 0 Å². The second-order valence-corrected chi connectivity index (χ2v) is 4.48. The van der Waals surface area contributed by atoms with Crippen LogP contribution in [0.1, 0.15) is 30.1 Å². The highest BCUT2D eigenvalue weighted by Gasteiger charge is 2.29. The number of fused-ring (bicyclic) bond motifs is 1. The fourth-order valence-electron chi connectivity index (χ4n) is 2.19. The first kappa shape index (κ1) is 9.78. The Morgan fingerprint density at radius 1 is 1.50 bits per heavy atom. The van der Waals surface area contributed by atoms with E-state index in [1.807, 2.05) is 19.3 Å². The Balaban J connectivity index is 2.19. The van der Waals surface area contributed by atoms with E-state index in [9.17, 15) is 0 Å². The van der Waals surface area contributed by atoms with Gasteiger partial charge in [0.25, 0.3) is 0 Å². The fourth-order valence-corrected chi connectivity index (χ4v) is 2.19. The maximum atomic E-state index is 4.75. The normalized spacial score (nSPS) is 15.9. The Labute approximate surface area is 94.7 Å². The molecule has 0 bridgehead atoms. The number of hydrogen-bond acceptors (Lipinski definition) is 3. The van der Waals surface area contributed by atoms with E-state index in [1.165, 1.54) is 24.2 Å². The molecule has 4 heteroatoms. The SMILES string of the molecule is CNCc1ccnc2c1nc(C1CC1)n2C. The number of nitrogens with one attached hydrogen (secondary N) is 1. The molecule has 2 heterocycles. The van der Waals surface area contributed by atoms with E-state index in [1.54, 1.807) is 0 Å². The van der Waals surface area contributed by atoms with Crippen LogP contribution in [-0.4, -0.2) is 21.6 Å². The minimum absolute atomic E-state index is 0.668. The van der Waals surface area contributed by atoms with Crippen molar-refractivity contribution in [2.75, 3.05) is 7.05 Å². The van der Waals surface area contributed by atoms with Gasteiger partial charge in [-0.05, 0) is 31.5 Å². The third kappa shape index (κ3) is 1.41. The Bertz CT molecular complexity index is 525. The largest absolute Gasteiger partial charge is 0.316 e. The summed E-state index contributed by atoms with van der Waals surface area (Å²) >= 11 is 0. The van der Waals surface area contributed by atoms with Crippen LogP contribution < -0.4 is 5.32 Å². The molecule has 4 nitrogen and oxygen atoms in total. The molecule has 1 aliphatic carbocycles. The summed E-state index contributed by atoms with van der Waals surface area (Å²) in [5, 5.41) is 3.17. The average molecular weight is 216 g/mol. The lowest BCUT2D eigenvalue weighted by molar-refractivity contribution is 0.812. The number of aryl methyl sites for hydroxylation is 1. The standard InChI is InChI=1S/C12H16N4/c1-13-7-9-5-6-14-12-10(9)15-11(16(12)2)8-3-4-8/h5-6,8,13H,3-4,7H2,1-2H3. The van der Waals surface area contributed by atoms with Crippen molar-refractivity contribution in [3.63, 3.8) is 0 Å². The van der Waals surface area contributed by atoms with E-state index in [2.05, 4.69) is 21.9 Å². The highest BCUT2D eigenvalue weighted by Crippen LogP contribution is 2.40. The van der Waals surface area contributed by atoms with E-state index in [4.69, 9.17) is 4.98 Å². The van der Waals surface area contributed by atoms with Gasteiger partial charge in [0.1, 0.15) is 11.3 Å². The van der Waals surface area contributed by atoms with Gasteiger partial charge >= 0.3 is 0 Å². The maximum Gasteiger partial charge on any atom is 0.160 e. The molecular formula is C12H16N4. The average Bonchev–Trinajstić information content (AvgIpc) is 3.06. The van der Waals surface area contributed by atoms with Gasteiger partial charge in [0.05, 0.1) is 0 Å². The molecular weight excluding hydrogens is 200 g/mol. The van der Waals surface area contributed by atoms with Crippen LogP contribution in [0.15, 0.2) is 12.3 Å². The molecule has 0 aromatic carbocycles. The lowest BCUT2D eigenvalue weighted by Crippen LogP contribution is -2.05. The Morgan fingerprint density at radius 2 is 2.31 bits per heavy atom. The topological polar surface area (TPSA) is 42.7 Å². The van der Waals surface area contributed by atoms with Gasteiger partial charge in [-0.25, -0.2) is 9.97 Å². The Morgan fingerprint density at radius 3 is 3.00 bits per heavy atom. The van der Waals surface area contributed by atoms with Crippen LogP contribution in [0.2, 0.25) is 0 Å². The van der Waals surface area contributed by atoms with Crippen LogP contribution in [0.5, 0.6) is 0 Å². The summed E-state index contributed by atoms with van der Waals surface area (Å²) in [6.07, 6.45) is 4.42. The number of nitrogens with zero attached hydrogens (tertiary/aromatic N) is 3. The first-order chi connectivity index (χ1) is 7.81. The van der Waals surface area contributed by atoms with Crippen molar-refractivity contribution in [3.05, 3.63) is 23.7 Å². The monoisotopic (exact) mass is 216 g/mol. The zero-order valence-corrected chi connectivity index (χ0v) is 9.70. The molecule has 1 aliphatic rings. The van der Waals surface area contributed by atoms with Crippen molar-refractivity contribution >= 4 is 11.2 Å². The maximum absolute atomic E-state index is 4.75. The summed E-state index contributed by atoms with van der Waals surface area (Å²) in [5.74, 6) is 1.87. The third-order valence-electron chi connectivity index (χ3n) is 3.19. The first-order valence-corrected chi connectivity index (χ1v) is 5.76. The summed E-state index contributed by atoms with van der Waals surface area (Å²) in [6, 6.07) is 2.04. The number of aromatic nitrogens is 3. The van der Waals surface area contributed by atoms with Crippen LogP contribution in [0, 0.1) is 0 Å². The summed E-state index contributed by atoms with van der Waals surface area (Å²) in [5.41, 5.74) is 3.30. The lowest BCUT2D eigenvalue weighted by atomic mass is 10.2. The minimum atomic E-state index is 0.668. The second-order valence-electron chi connectivity index (χ2n) is 4.48. The van der Waals surface area contributed by atoms with E-state index >= 15 is 0 Å². The molecule has 0 aliphatic heterocycles. The van der Waals surface area contributed by atoms with E-state index in [0.717, 1.165) is 17.7 Å². The molecule has 1 saturated carbocycles. The quantitative estimate of drug-likeness (QED) is 0.846. The predicted octanol–water partition coefficient (Wildman–Crippen LogP) is 1.57. The molecule has 0 saturated heterocycles. The molecule has 0 radical (unpaired) electrons. The molecule has 84 valence electrons. The van der Waals surface area contributed by atoms with Crippen LogP contribution in [0.4, 0.5) is 0 Å². The minimum Gasteiger partial charge on any atom is -0.316 e. The predicted molar refractivity (Wildman–Crippen MR) is 63.2 cm³/mol. The number of imidazole rings is 1. The highest BCUT2D eigenvalue weighted by atomic mass is 15.1. The first-order valence-electron chi connectivity index (χ1n) is 5.76. The Hall–Kier alpha value is -1.42. The van der Waals surface area contributed by atoms with Crippen LogP contribution in [-0.2, 0) is 13.6 Å². The van der Waals surface area contributed by atoms with Crippen molar-refractivity contribution in [2.24, 2.45) is 7.05 Å². The van der Waals surface area contributed by atoms with Crippen molar-refractivity contribution in [1.82, 2.24) is 19.9 Å². The van der Waals surface area contributed by atoms with E-state index < -0.39 is 0 Å². The molecule has 16 heavy (non-hydrogen) atoms. The Kier molecular flexibility index (Phi) is 2.17. The van der Waals surface area contributed by atoms with Gasteiger partial charge in [0.2, 0.25) is 0 Å². The molecule has 1 fully saturated rings. The second kappa shape index (κ2) is 3.56. The van der Waals surface area contributed by atoms with Gasteiger partial charge in [-0.2, -0.15) is 0 Å².